The lowest BCUT2D eigenvalue weighted by atomic mass is 10.1. The van der Waals surface area contributed by atoms with E-state index in [0.717, 1.165) is 11.2 Å². The number of pyridine rings is 1. The first-order valence-corrected chi connectivity index (χ1v) is 5.77. The van der Waals surface area contributed by atoms with Gasteiger partial charge in [0.15, 0.2) is 5.65 Å². The van der Waals surface area contributed by atoms with Crippen molar-refractivity contribution < 1.29 is 5.11 Å². The molecule has 0 aromatic carbocycles. The van der Waals surface area contributed by atoms with Crippen LogP contribution in [0.3, 0.4) is 0 Å². The summed E-state index contributed by atoms with van der Waals surface area (Å²) in [6.07, 6.45) is 2.73. The van der Waals surface area contributed by atoms with Crippen LogP contribution in [0.15, 0.2) is 18.6 Å². The number of hydrogen-bond donors (Lipinski definition) is 2. The maximum absolute atomic E-state index is 9.87. The second kappa shape index (κ2) is 4.43. The Hall–Kier alpha value is -1.46. The number of nitrogens with zero attached hydrogens (tertiary/aromatic N) is 3. The van der Waals surface area contributed by atoms with Gasteiger partial charge in [-0.05, 0) is 26.8 Å². The predicted molar refractivity (Wildman–Crippen MR) is 66.5 cm³/mol. The molecule has 0 aliphatic carbocycles. The molecule has 2 heterocycles. The zero-order chi connectivity index (χ0) is 12.6. The summed E-state index contributed by atoms with van der Waals surface area (Å²) in [5.41, 5.74) is 7.99. The highest BCUT2D eigenvalue weighted by Crippen LogP contribution is 2.20. The molecule has 0 fully saturated rings. The number of aromatic nitrogens is 3. The van der Waals surface area contributed by atoms with Crippen LogP contribution in [0.25, 0.3) is 11.2 Å². The van der Waals surface area contributed by atoms with Crippen LogP contribution in [-0.4, -0.2) is 25.7 Å². The molecule has 2 unspecified atom stereocenters. The first kappa shape index (κ1) is 12.0. The Balaban J connectivity index is 2.46. The molecule has 0 saturated carbocycles. The van der Waals surface area contributed by atoms with Gasteiger partial charge in [-0.3, -0.25) is 0 Å². The van der Waals surface area contributed by atoms with Crippen LogP contribution in [0.1, 0.15) is 38.5 Å². The van der Waals surface area contributed by atoms with Gasteiger partial charge in [0.2, 0.25) is 0 Å². The third-order valence-corrected chi connectivity index (χ3v) is 2.83. The third kappa shape index (κ3) is 2.16. The van der Waals surface area contributed by atoms with Crippen LogP contribution in [0.2, 0.25) is 0 Å². The minimum absolute atomic E-state index is 0.316. The Morgan fingerprint density at radius 2 is 2.00 bits per heavy atom. The van der Waals surface area contributed by atoms with Crippen molar-refractivity contribution in [2.45, 2.75) is 39.0 Å². The number of hydrogen-bond acceptors (Lipinski definition) is 4. The first-order valence-electron chi connectivity index (χ1n) is 5.77. The molecule has 2 atom stereocenters. The summed E-state index contributed by atoms with van der Waals surface area (Å²) in [4.78, 5) is 8.64. The van der Waals surface area contributed by atoms with Crippen LogP contribution in [0.5, 0.6) is 0 Å². The topological polar surface area (TPSA) is 77.0 Å². The molecule has 92 valence electrons. The van der Waals surface area contributed by atoms with Gasteiger partial charge in [0.05, 0.1) is 12.4 Å². The maximum atomic E-state index is 9.87. The van der Waals surface area contributed by atoms with Gasteiger partial charge in [-0.15, -0.1) is 0 Å². The maximum Gasteiger partial charge on any atom is 0.160 e. The van der Waals surface area contributed by atoms with Crippen LogP contribution in [0.4, 0.5) is 0 Å². The number of fused-ring (bicyclic) bond motifs is 1. The molecular weight excluding hydrogens is 216 g/mol. The van der Waals surface area contributed by atoms with Gasteiger partial charge in [0, 0.05) is 23.8 Å². The van der Waals surface area contributed by atoms with E-state index in [9.17, 15) is 5.11 Å². The molecular formula is C12H18N4O. The Kier molecular flexibility index (Phi) is 3.13. The van der Waals surface area contributed by atoms with E-state index in [2.05, 4.69) is 23.8 Å². The fraction of sp³-hybridized carbons (Fsp3) is 0.500. The van der Waals surface area contributed by atoms with Gasteiger partial charge < -0.3 is 15.4 Å². The summed E-state index contributed by atoms with van der Waals surface area (Å²) < 4.78 is 2.00. The molecule has 0 saturated heterocycles. The lowest BCUT2D eigenvalue weighted by molar-refractivity contribution is 0.153. The minimum atomic E-state index is -0.698. The Morgan fingerprint density at radius 3 is 2.59 bits per heavy atom. The monoisotopic (exact) mass is 234 g/mol. The number of imidazole rings is 1. The zero-order valence-corrected chi connectivity index (χ0v) is 10.3. The smallest absolute Gasteiger partial charge is 0.160 e. The van der Waals surface area contributed by atoms with Crippen molar-refractivity contribution in [1.82, 2.24) is 14.5 Å². The van der Waals surface area contributed by atoms with Crippen molar-refractivity contribution in [2.24, 2.45) is 5.73 Å². The lowest BCUT2D eigenvalue weighted by Gasteiger charge is -2.14. The van der Waals surface area contributed by atoms with Crippen LogP contribution >= 0.6 is 0 Å². The molecule has 5 nitrogen and oxygen atoms in total. The molecule has 0 aliphatic heterocycles. The summed E-state index contributed by atoms with van der Waals surface area (Å²) >= 11 is 0. The fourth-order valence-corrected chi connectivity index (χ4v) is 1.78. The fourth-order valence-electron chi connectivity index (χ4n) is 1.78. The van der Waals surface area contributed by atoms with E-state index >= 15 is 0 Å². The number of aliphatic hydroxyl groups is 1. The second-order valence-corrected chi connectivity index (χ2v) is 4.66. The quantitative estimate of drug-likeness (QED) is 0.841. The average molecular weight is 234 g/mol. The minimum Gasteiger partial charge on any atom is -0.387 e. The Morgan fingerprint density at radius 1 is 1.29 bits per heavy atom. The van der Waals surface area contributed by atoms with Gasteiger partial charge in [-0.25, -0.2) is 9.97 Å². The molecule has 2 aromatic rings. The zero-order valence-electron chi connectivity index (χ0n) is 10.3. The molecule has 2 rings (SSSR count). The van der Waals surface area contributed by atoms with E-state index in [1.807, 2.05) is 10.6 Å². The van der Waals surface area contributed by atoms with E-state index < -0.39 is 6.10 Å². The van der Waals surface area contributed by atoms with Crippen molar-refractivity contribution in [3.8, 4) is 0 Å². The summed E-state index contributed by atoms with van der Waals surface area (Å²) in [5.74, 6) is 0. The summed E-state index contributed by atoms with van der Waals surface area (Å²) in [5, 5.41) is 9.87. The molecule has 2 aromatic heterocycles. The number of nitrogens with two attached hydrogens (primary N) is 1. The first-order chi connectivity index (χ1) is 8.00. The van der Waals surface area contributed by atoms with Gasteiger partial charge in [-0.1, -0.05) is 0 Å². The standard InChI is InChI=1S/C12H18N4O/c1-7(2)16-6-15-10-4-9(5-14-12(10)16)11(17)8(3)13/h4-8,11,17H,13H2,1-3H3. The Labute approximate surface area is 100 Å². The molecule has 5 heteroatoms. The lowest BCUT2D eigenvalue weighted by Crippen LogP contribution is -2.24. The highest BCUT2D eigenvalue weighted by atomic mass is 16.3. The van der Waals surface area contributed by atoms with Gasteiger partial charge in [-0.2, -0.15) is 0 Å². The predicted octanol–water partition coefficient (Wildman–Crippen LogP) is 1.39. The molecule has 0 radical (unpaired) electrons. The van der Waals surface area contributed by atoms with E-state index in [1.165, 1.54) is 0 Å². The van der Waals surface area contributed by atoms with Gasteiger partial charge in [0.25, 0.3) is 0 Å². The van der Waals surface area contributed by atoms with Crippen LogP contribution in [0, 0.1) is 0 Å². The summed E-state index contributed by atoms with van der Waals surface area (Å²) in [6.45, 7) is 5.92. The Bertz CT molecular complexity index is 518. The third-order valence-electron chi connectivity index (χ3n) is 2.83. The van der Waals surface area contributed by atoms with Crippen LogP contribution < -0.4 is 5.73 Å². The van der Waals surface area contributed by atoms with E-state index in [4.69, 9.17) is 5.73 Å². The van der Waals surface area contributed by atoms with E-state index in [1.54, 1.807) is 19.4 Å². The van der Waals surface area contributed by atoms with Gasteiger partial charge in [0.1, 0.15) is 5.52 Å². The largest absolute Gasteiger partial charge is 0.387 e. The van der Waals surface area contributed by atoms with Crippen molar-refractivity contribution in [2.75, 3.05) is 0 Å². The highest BCUT2D eigenvalue weighted by Gasteiger charge is 2.15. The van der Waals surface area contributed by atoms with Crippen LogP contribution in [-0.2, 0) is 0 Å². The molecule has 17 heavy (non-hydrogen) atoms. The van der Waals surface area contributed by atoms with Crippen molar-refractivity contribution in [3.63, 3.8) is 0 Å². The number of aliphatic hydroxyl groups excluding tert-OH is 1. The SMILES string of the molecule is CC(N)C(O)c1cnc2c(c1)ncn2C(C)C. The summed E-state index contributed by atoms with van der Waals surface area (Å²) in [6, 6.07) is 1.84. The van der Waals surface area contributed by atoms with Crippen molar-refractivity contribution >= 4 is 11.2 Å². The van der Waals surface area contributed by atoms with E-state index in [0.29, 0.717) is 11.6 Å². The average Bonchev–Trinajstić information content (AvgIpc) is 2.70. The second-order valence-electron chi connectivity index (χ2n) is 4.66. The molecule has 0 amide bonds. The molecule has 3 N–H and O–H groups in total. The normalized spacial score (nSPS) is 15.4. The number of rotatable bonds is 3. The molecule has 0 spiro atoms. The highest BCUT2D eigenvalue weighted by molar-refractivity contribution is 5.71. The summed E-state index contributed by atoms with van der Waals surface area (Å²) in [7, 11) is 0. The molecule has 0 aliphatic rings. The van der Waals surface area contributed by atoms with Crippen molar-refractivity contribution in [3.05, 3.63) is 24.2 Å². The molecule has 0 bridgehead atoms. The van der Waals surface area contributed by atoms with E-state index in [-0.39, 0.29) is 6.04 Å². The van der Waals surface area contributed by atoms with Gasteiger partial charge >= 0.3 is 0 Å². The van der Waals surface area contributed by atoms with Crippen molar-refractivity contribution in [1.29, 1.82) is 0 Å².